The topological polar surface area (TPSA) is 64.0 Å². The van der Waals surface area contributed by atoms with Crippen molar-refractivity contribution < 1.29 is 4.79 Å². The number of aromatic nitrogens is 2. The molecule has 0 spiro atoms. The minimum absolute atomic E-state index is 0.0143. The first-order valence-corrected chi connectivity index (χ1v) is 10.5. The zero-order valence-corrected chi connectivity index (χ0v) is 15.9. The van der Waals surface area contributed by atoms with Crippen LogP contribution in [0.5, 0.6) is 0 Å². The molecule has 1 aromatic heterocycles. The number of amides is 1. The number of fused-ring (bicyclic) bond motifs is 1. The molecular weight excluding hydrogens is 346 g/mol. The first kappa shape index (κ1) is 17.6. The number of nitrogens with one attached hydrogen (secondary N) is 1. The minimum atomic E-state index is -0.269. The highest BCUT2D eigenvalue weighted by molar-refractivity contribution is 8.00. The Hall–Kier alpha value is -1.82. The third-order valence-electron chi connectivity index (χ3n) is 5.29. The van der Waals surface area contributed by atoms with E-state index in [0.717, 1.165) is 25.7 Å². The lowest BCUT2D eigenvalue weighted by Gasteiger charge is -2.24. The van der Waals surface area contributed by atoms with E-state index in [2.05, 4.69) is 5.32 Å². The molecule has 5 nitrogen and oxygen atoms in total. The largest absolute Gasteiger partial charge is 0.352 e. The summed E-state index contributed by atoms with van der Waals surface area (Å²) in [7, 11) is 0. The van der Waals surface area contributed by atoms with Crippen LogP contribution in [-0.2, 0) is 4.79 Å². The maximum Gasteiger partial charge on any atom is 0.262 e. The number of hydrogen-bond donors (Lipinski definition) is 1. The Labute approximate surface area is 157 Å². The number of carbonyl (C=O) groups excluding carboxylic acids is 1. The van der Waals surface area contributed by atoms with E-state index in [-0.39, 0.29) is 22.8 Å². The molecule has 2 saturated carbocycles. The average molecular weight is 372 g/mol. The van der Waals surface area contributed by atoms with Gasteiger partial charge in [0, 0.05) is 12.1 Å². The molecule has 0 aliphatic heterocycles. The van der Waals surface area contributed by atoms with Crippen LogP contribution in [0.2, 0.25) is 0 Å². The van der Waals surface area contributed by atoms with Crippen molar-refractivity contribution in [1.82, 2.24) is 14.9 Å². The Kier molecular flexibility index (Phi) is 5.02. The van der Waals surface area contributed by atoms with Gasteiger partial charge in [0.25, 0.3) is 5.56 Å². The summed E-state index contributed by atoms with van der Waals surface area (Å²) in [4.78, 5) is 30.2. The van der Waals surface area contributed by atoms with Crippen LogP contribution in [0.25, 0.3) is 10.9 Å². The van der Waals surface area contributed by atoms with E-state index in [1.165, 1.54) is 31.0 Å². The molecule has 0 saturated heterocycles. The lowest BCUT2D eigenvalue weighted by Crippen LogP contribution is -2.40. The second-order valence-corrected chi connectivity index (χ2v) is 8.73. The molecule has 26 heavy (non-hydrogen) atoms. The van der Waals surface area contributed by atoms with Gasteiger partial charge in [0.1, 0.15) is 0 Å². The van der Waals surface area contributed by atoms with Crippen molar-refractivity contribution in [1.29, 1.82) is 0 Å². The fourth-order valence-electron chi connectivity index (χ4n) is 3.64. The maximum absolute atomic E-state index is 12.9. The standard InChI is InChI=1S/C20H25N3O2S/c1-13(18(24)21-14-7-3-2-4-8-14)26-20-22-17-10-6-5-9-16(17)19(25)23(20)15-11-12-15/h5-6,9-10,13-15H,2-4,7-8,11-12H2,1H3,(H,21,24)/t13-/m1/s1. The molecule has 0 unspecified atom stereocenters. The van der Waals surface area contributed by atoms with Crippen LogP contribution in [0.4, 0.5) is 0 Å². The Morgan fingerprint density at radius 2 is 1.92 bits per heavy atom. The first-order valence-electron chi connectivity index (χ1n) is 9.62. The Balaban J connectivity index is 1.56. The predicted octanol–water partition coefficient (Wildman–Crippen LogP) is 3.66. The second kappa shape index (κ2) is 7.43. The molecule has 1 heterocycles. The number of thioether (sulfide) groups is 1. The normalized spacial score (nSPS) is 19.4. The molecule has 138 valence electrons. The second-order valence-electron chi connectivity index (χ2n) is 7.42. The quantitative estimate of drug-likeness (QED) is 0.643. The van der Waals surface area contributed by atoms with Crippen LogP contribution < -0.4 is 10.9 Å². The molecule has 0 radical (unpaired) electrons. The van der Waals surface area contributed by atoms with Gasteiger partial charge in [-0.1, -0.05) is 43.2 Å². The summed E-state index contributed by atoms with van der Waals surface area (Å²) in [6.07, 6.45) is 7.83. The summed E-state index contributed by atoms with van der Waals surface area (Å²) in [6, 6.07) is 7.99. The van der Waals surface area contributed by atoms with Gasteiger partial charge in [-0.3, -0.25) is 14.2 Å². The summed E-state index contributed by atoms with van der Waals surface area (Å²) in [5, 5.41) is 4.24. The summed E-state index contributed by atoms with van der Waals surface area (Å²) in [5.41, 5.74) is 0.720. The number of nitrogens with zero attached hydrogens (tertiary/aromatic N) is 2. The van der Waals surface area contributed by atoms with Crippen molar-refractivity contribution in [3.63, 3.8) is 0 Å². The molecular formula is C20H25N3O2S. The molecule has 2 aromatic rings. The monoisotopic (exact) mass is 371 g/mol. The molecule has 1 amide bonds. The minimum Gasteiger partial charge on any atom is -0.352 e. The molecule has 2 fully saturated rings. The first-order chi connectivity index (χ1) is 12.6. The highest BCUT2D eigenvalue weighted by Crippen LogP contribution is 2.37. The lowest BCUT2D eigenvalue weighted by atomic mass is 9.95. The van der Waals surface area contributed by atoms with Gasteiger partial charge in [-0.05, 0) is 44.7 Å². The SMILES string of the molecule is C[C@@H](Sc1nc2ccccc2c(=O)n1C1CC1)C(=O)NC1CCCCC1. The summed E-state index contributed by atoms with van der Waals surface area (Å²) in [6.45, 7) is 1.90. The summed E-state index contributed by atoms with van der Waals surface area (Å²) in [5.74, 6) is 0.0478. The third kappa shape index (κ3) is 3.65. The Morgan fingerprint density at radius 3 is 2.65 bits per heavy atom. The van der Waals surface area contributed by atoms with Crippen LogP contribution in [0.15, 0.2) is 34.2 Å². The lowest BCUT2D eigenvalue weighted by molar-refractivity contribution is -0.121. The fourth-order valence-corrected chi connectivity index (χ4v) is 4.63. The van der Waals surface area contributed by atoms with Crippen LogP contribution >= 0.6 is 11.8 Å². The van der Waals surface area contributed by atoms with Gasteiger partial charge in [0.2, 0.25) is 5.91 Å². The van der Waals surface area contributed by atoms with Crippen molar-refractivity contribution in [2.24, 2.45) is 0 Å². The zero-order chi connectivity index (χ0) is 18.1. The number of benzene rings is 1. The Morgan fingerprint density at radius 1 is 1.19 bits per heavy atom. The maximum atomic E-state index is 12.9. The molecule has 0 bridgehead atoms. The third-order valence-corrected chi connectivity index (χ3v) is 6.36. The number of rotatable bonds is 5. The van der Waals surface area contributed by atoms with Crippen molar-refractivity contribution in [3.8, 4) is 0 Å². The number of para-hydroxylation sites is 1. The van der Waals surface area contributed by atoms with Gasteiger partial charge in [0.15, 0.2) is 5.16 Å². The van der Waals surface area contributed by atoms with Gasteiger partial charge < -0.3 is 5.32 Å². The van der Waals surface area contributed by atoms with E-state index in [9.17, 15) is 9.59 Å². The van der Waals surface area contributed by atoms with E-state index in [1.54, 1.807) is 4.57 Å². The predicted molar refractivity (Wildman–Crippen MR) is 105 cm³/mol. The van der Waals surface area contributed by atoms with Gasteiger partial charge in [0.05, 0.1) is 16.2 Å². The van der Waals surface area contributed by atoms with E-state index in [4.69, 9.17) is 4.98 Å². The summed E-state index contributed by atoms with van der Waals surface area (Å²) < 4.78 is 1.80. The zero-order valence-electron chi connectivity index (χ0n) is 15.1. The number of hydrogen-bond acceptors (Lipinski definition) is 4. The van der Waals surface area contributed by atoms with Crippen LogP contribution in [-0.4, -0.2) is 26.8 Å². The van der Waals surface area contributed by atoms with Crippen molar-refractivity contribution in [2.45, 2.75) is 74.4 Å². The molecule has 4 rings (SSSR count). The van der Waals surface area contributed by atoms with Crippen molar-refractivity contribution in [2.75, 3.05) is 0 Å². The Bertz CT molecular complexity index is 869. The van der Waals surface area contributed by atoms with Crippen molar-refractivity contribution >= 4 is 28.6 Å². The van der Waals surface area contributed by atoms with Gasteiger partial charge in [-0.25, -0.2) is 4.98 Å². The van der Waals surface area contributed by atoms with Crippen LogP contribution in [0.1, 0.15) is 57.9 Å². The van der Waals surface area contributed by atoms with E-state index < -0.39 is 0 Å². The summed E-state index contributed by atoms with van der Waals surface area (Å²) >= 11 is 1.40. The average Bonchev–Trinajstić information content (AvgIpc) is 3.47. The molecule has 1 N–H and O–H groups in total. The molecule has 1 aromatic carbocycles. The highest BCUT2D eigenvalue weighted by atomic mass is 32.2. The van der Waals surface area contributed by atoms with Crippen LogP contribution in [0, 0.1) is 0 Å². The van der Waals surface area contributed by atoms with Gasteiger partial charge in [-0.2, -0.15) is 0 Å². The molecule has 2 aliphatic rings. The highest BCUT2D eigenvalue weighted by Gasteiger charge is 2.30. The van der Waals surface area contributed by atoms with Gasteiger partial charge >= 0.3 is 0 Å². The van der Waals surface area contributed by atoms with Gasteiger partial charge in [-0.15, -0.1) is 0 Å². The number of carbonyl (C=O) groups is 1. The van der Waals surface area contributed by atoms with E-state index in [1.807, 2.05) is 31.2 Å². The van der Waals surface area contributed by atoms with E-state index in [0.29, 0.717) is 22.1 Å². The molecule has 2 aliphatic carbocycles. The molecule has 1 atom stereocenters. The van der Waals surface area contributed by atoms with Crippen LogP contribution in [0.3, 0.4) is 0 Å². The smallest absolute Gasteiger partial charge is 0.262 e. The fraction of sp³-hybridized carbons (Fsp3) is 0.550. The van der Waals surface area contributed by atoms with Crippen molar-refractivity contribution in [3.05, 3.63) is 34.6 Å². The molecule has 6 heteroatoms. The van der Waals surface area contributed by atoms with E-state index >= 15 is 0 Å².